The van der Waals surface area contributed by atoms with E-state index in [1.165, 1.54) is 12.1 Å². The summed E-state index contributed by atoms with van der Waals surface area (Å²) in [5, 5.41) is 6.39. The van der Waals surface area contributed by atoms with Crippen molar-refractivity contribution in [1.82, 2.24) is 10.6 Å². The highest BCUT2D eigenvalue weighted by Gasteiger charge is 1.97. The third kappa shape index (κ3) is 8.19. The summed E-state index contributed by atoms with van der Waals surface area (Å²) < 4.78 is 18.2. The Bertz CT molecular complexity index is 385. The molecular weight excluding hydrogens is 372 g/mol. The van der Waals surface area contributed by atoms with E-state index < -0.39 is 0 Å². The van der Waals surface area contributed by atoms with Gasteiger partial charge in [-0.3, -0.25) is 4.99 Å². The second kappa shape index (κ2) is 11.7. The minimum atomic E-state index is -0.250. The summed E-state index contributed by atoms with van der Waals surface area (Å²) in [6.07, 6.45) is 1.92. The number of nitrogens with one attached hydrogen (secondary N) is 2. The van der Waals surface area contributed by atoms with E-state index in [4.69, 9.17) is 4.74 Å². The Balaban J connectivity index is 0.00000361. The predicted octanol–water partition coefficient (Wildman–Crippen LogP) is 2.79. The van der Waals surface area contributed by atoms with Gasteiger partial charge in [-0.25, -0.2) is 4.39 Å². The van der Waals surface area contributed by atoms with Crippen LogP contribution < -0.4 is 15.4 Å². The summed E-state index contributed by atoms with van der Waals surface area (Å²) in [5.74, 6) is 1.25. The average molecular weight is 395 g/mol. The van der Waals surface area contributed by atoms with Crippen LogP contribution in [0.15, 0.2) is 29.3 Å². The molecule has 0 spiro atoms. The Kier molecular flexibility index (Phi) is 11.1. The standard InChI is InChI=1S/C14H22FN3O.HI/c1-3-9-17-14(16-2)18-10-4-11-19-13-7-5-12(15)6-8-13;/h5-8H,3-4,9-11H2,1-2H3,(H2,16,17,18);1H. The topological polar surface area (TPSA) is 45.7 Å². The van der Waals surface area contributed by atoms with Crippen LogP contribution in [-0.2, 0) is 0 Å². The van der Waals surface area contributed by atoms with Gasteiger partial charge < -0.3 is 15.4 Å². The summed E-state index contributed by atoms with van der Waals surface area (Å²) in [7, 11) is 1.75. The molecule has 6 heteroatoms. The second-order valence-corrected chi connectivity index (χ2v) is 4.08. The van der Waals surface area contributed by atoms with Crippen LogP contribution in [0, 0.1) is 5.82 Å². The Morgan fingerprint density at radius 3 is 2.45 bits per heavy atom. The molecule has 0 heterocycles. The van der Waals surface area contributed by atoms with Crippen molar-refractivity contribution < 1.29 is 9.13 Å². The fourth-order valence-electron chi connectivity index (χ4n) is 1.46. The molecule has 1 aromatic rings. The predicted molar refractivity (Wildman–Crippen MR) is 91.6 cm³/mol. The molecule has 0 unspecified atom stereocenters. The van der Waals surface area contributed by atoms with E-state index in [0.29, 0.717) is 12.4 Å². The van der Waals surface area contributed by atoms with Crippen LogP contribution in [-0.4, -0.2) is 32.7 Å². The first-order valence-electron chi connectivity index (χ1n) is 6.59. The maximum absolute atomic E-state index is 12.7. The highest BCUT2D eigenvalue weighted by atomic mass is 127. The zero-order valence-electron chi connectivity index (χ0n) is 12.0. The van der Waals surface area contributed by atoms with Gasteiger partial charge in [-0.2, -0.15) is 0 Å². The van der Waals surface area contributed by atoms with Crippen LogP contribution in [0.5, 0.6) is 5.75 Å². The van der Waals surface area contributed by atoms with Crippen molar-refractivity contribution in [1.29, 1.82) is 0 Å². The van der Waals surface area contributed by atoms with Gasteiger partial charge >= 0.3 is 0 Å². The molecule has 0 atom stereocenters. The van der Waals surface area contributed by atoms with Gasteiger partial charge in [0.15, 0.2) is 5.96 Å². The van der Waals surface area contributed by atoms with E-state index in [1.54, 1.807) is 19.2 Å². The summed E-state index contributed by atoms with van der Waals surface area (Å²) in [6, 6.07) is 6.04. The monoisotopic (exact) mass is 395 g/mol. The Morgan fingerprint density at radius 1 is 1.20 bits per heavy atom. The van der Waals surface area contributed by atoms with Crippen LogP contribution in [0.4, 0.5) is 4.39 Å². The Labute approximate surface area is 137 Å². The number of rotatable bonds is 7. The lowest BCUT2D eigenvalue weighted by atomic mass is 10.3. The van der Waals surface area contributed by atoms with E-state index >= 15 is 0 Å². The molecule has 0 saturated heterocycles. The highest BCUT2D eigenvalue weighted by molar-refractivity contribution is 14.0. The molecule has 0 amide bonds. The number of aliphatic imine (C=N–C) groups is 1. The molecule has 1 rings (SSSR count). The third-order valence-corrected chi connectivity index (χ3v) is 2.46. The Hall–Kier alpha value is -1.05. The molecule has 0 fully saturated rings. The van der Waals surface area contributed by atoms with Crippen molar-refractivity contribution in [2.24, 2.45) is 4.99 Å². The molecule has 1 aromatic carbocycles. The molecule has 0 bridgehead atoms. The van der Waals surface area contributed by atoms with Gasteiger partial charge in [0.05, 0.1) is 6.61 Å². The van der Waals surface area contributed by atoms with Crippen LogP contribution in [0.1, 0.15) is 19.8 Å². The summed E-state index contributed by atoms with van der Waals surface area (Å²) >= 11 is 0. The van der Waals surface area contributed by atoms with Crippen molar-refractivity contribution in [3.05, 3.63) is 30.1 Å². The zero-order chi connectivity index (χ0) is 13.9. The molecule has 2 N–H and O–H groups in total. The minimum absolute atomic E-state index is 0. The normalized spacial score (nSPS) is 10.7. The van der Waals surface area contributed by atoms with Gasteiger partial charge in [0.25, 0.3) is 0 Å². The summed E-state index contributed by atoms with van der Waals surface area (Å²) in [5.41, 5.74) is 0. The van der Waals surface area contributed by atoms with E-state index in [9.17, 15) is 4.39 Å². The molecule has 0 saturated carbocycles. The van der Waals surface area contributed by atoms with Gasteiger partial charge in [0, 0.05) is 20.1 Å². The van der Waals surface area contributed by atoms with E-state index in [0.717, 1.165) is 31.9 Å². The maximum atomic E-state index is 12.7. The SMILES string of the molecule is CCCNC(=NC)NCCCOc1ccc(F)cc1.I. The highest BCUT2D eigenvalue weighted by Crippen LogP contribution is 2.10. The second-order valence-electron chi connectivity index (χ2n) is 4.08. The lowest BCUT2D eigenvalue weighted by molar-refractivity contribution is 0.310. The molecule has 20 heavy (non-hydrogen) atoms. The number of guanidine groups is 1. The van der Waals surface area contributed by atoms with Crippen LogP contribution in [0.2, 0.25) is 0 Å². The summed E-state index contributed by atoms with van der Waals surface area (Å²) in [4.78, 5) is 4.10. The first-order chi connectivity index (χ1) is 9.26. The number of halogens is 2. The summed E-state index contributed by atoms with van der Waals surface area (Å²) in [6.45, 7) is 4.39. The average Bonchev–Trinajstić information content (AvgIpc) is 2.44. The van der Waals surface area contributed by atoms with Crippen molar-refractivity contribution in [3.8, 4) is 5.75 Å². The van der Waals surface area contributed by atoms with Crippen molar-refractivity contribution >= 4 is 29.9 Å². The first kappa shape index (κ1) is 18.9. The fourth-order valence-corrected chi connectivity index (χ4v) is 1.46. The molecule has 114 valence electrons. The van der Waals surface area contributed by atoms with Gasteiger partial charge in [-0.15, -0.1) is 24.0 Å². The largest absolute Gasteiger partial charge is 0.494 e. The van der Waals surface area contributed by atoms with Crippen LogP contribution >= 0.6 is 24.0 Å². The van der Waals surface area contributed by atoms with Gasteiger partial charge in [-0.1, -0.05) is 6.92 Å². The van der Waals surface area contributed by atoms with E-state index in [2.05, 4.69) is 22.5 Å². The molecule has 0 aromatic heterocycles. The van der Waals surface area contributed by atoms with Crippen molar-refractivity contribution in [2.45, 2.75) is 19.8 Å². The van der Waals surface area contributed by atoms with Crippen molar-refractivity contribution in [3.63, 3.8) is 0 Å². The molecule has 0 aliphatic rings. The molecule has 0 radical (unpaired) electrons. The molecule has 4 nitrogen and oxygen atoms in total. The van der Waals surface area contributed by atoms with E-state index in [1.807, 2.05) is 0 Å². The zero-order valence-corrected chi connectivity index (χ0v) is 14.3. The van der Waals surface area contributed by atoms with Crippen molar-refractivity contribution in [2.75, 3.05) is 26.7 Å². The Morgan fingerprint density at radius 2 is 1.85 bits per heavy atom. The number of benzene rings is 1. The fraction of sp³-hybridized carbons (Fsp3) is 0.500. The van der Waals surface area contributed by atoms with E-state index in [-0.39, 0.29) is 29.8 Å². The number of hydrogen-bond acceptors (Lipinski definition) is 2. The third-order valence-electron chi connectivity index (χ3n) is 2.46. The van der Waals surface area contributed by atoms with Gasteiger partial charge in [-0.05, 0) is 37.1 Å². The smallest absolute Gasteiger partial charge is 0.190 e. The van der Waals surface area contributed by atoms with Crippen LogP contribution in [0.3, 0.4) is 0 Å². The maximum Gasteiger partial charge on any atom is 0.190 e. The van der Waals surface area contributed by atoms with Gasteiger partial charge in [0.1, 0.15) is 11.6 Å². The van der Waals surface area contributed by atoms with Gasteiger partial charge in [0.2, 0.25) is 0 Å². The lowest BCUT2D eigenvalue weighted by Crippen LogP contribution is -2.38. The lowest BCUT2D eigenvalue weighted by Gasteiger charge is -2.11. The number of ether oxygens (including phenoxy) is 1. The molecule has 0 aliphatic carbocycles. The molecular formula is C14H23FIN3O. The quantitative estimate of drug-likeness (QED) is 0.323. The minimum Gasteiger partial charge on any atom is -0.494 e. The first-order valence-corrected chi connectivity index (χ1v) is 6.59. The number of nitrogens with zero attached hydrogens (tertiary/aromatic N) is 1. The number of hydrogen-bond donors (Lipinski definition) is 2. The van der Waals surface area contributed by atoms with Crippen LogP contribution in [0.25, 0.3) is 0 Å². The molecule has 0 aliphatic heterocycles.